The Bertz CT molecular complexity index is 1140. The summed E-state index contributed by atoms with van der Waals surface area (Å²) in [4.78, 5) is 30.3. The molecule has 1 fully saturated rings. The number of rotatable bonds is 6. The third-order valence-corrected chi connectivity index (χ3v) is 6.47. The number of hydrogen-bond acceptors (Lipinski definition) is 3. The number of nitrogens with zero attached hydrogens (tertiary/aromatic N) is 2. The molecule has 1 aliphatic rings. The molecular formula is C28H30N2O3. The van der Waals surface area contributed by atoms with Crippen LogP contribution in [0.2, 0.25) is 0 Å². The molecule has 3 aromatic rings. The molecule has 2 amide bonds. The average Bonchev–Trinajstić information content (AvgIpc) is 3.29. The summed E-state index contributed by atoms with van der Waals surface area (Å²) in [6, 6.07) is 25.7. The number of para-hydroxylation sites is 1. The molecule has 0 saturated carbocycles. The van der Waals surface area contributed by atoms with E-state index in [4.69, 9.17) is 4.74 Å². The minimum atomic E-state index is -0.675. The lowest BCUT2D eigenvalue weighted by Gasteiger charge is -2.32. The second-order valence-electron chi connectivity index (χ2n) is 8.86. The van der Waals surface area contributed by atoms with Crippen LogP contribution < -0.4 is 4.74 Å². The summed E-state index contributed by atoms with van der Waals surface area (Å²) in [5, 5.41) is 0. The predicted octanol–water partition coefficient (Wildman–Crippen LogP) is 4.53. The molecule has 33 heavy (non-hydrogen) atoms. The molecule has 1 atom stereocenters. The fourth-order valence-electron chi connectivity index (χ4n) is 4.84. The zero-order valence-corrected chi connectivity index (χ0v) is 19.5. The number of methoxy groups -OCH3 is 1. The molecule has 1 heterocycles. The Hall–Kier alpha value is -3.60. The van der Waals surface area contributed by atoms with E-state index >= 15 is 0 Å². The van der Waals surface area contributed by atoms with Gasteiger partial charge in [-0.25, -0.2) is 0 Å². The van der Waals surface area contributed by atoms with E-state index in [0.717, 1.165) is 16.7 Å². The number of likely N-dealkylation sites (tertiary alicyclic amines) is 1. The van der Waals surface area contributed by atoms with Gasteiger partial charge >= 0.3 is 0 Å². The van der Waals surface area contributed by atoms with E-state index in [2.05, 4.69) is 24.3 Å². The highest BCUT2D eigenvalue weighted by molar-refractivity contribution is 5.98. The van der Waals surface area contributed by atoms with Crippen molar-refractivity contribution in [2.75, 3.05) is 34.3 Å². The van der Waals surface area contributed by atoms with Gasteiger partial charge in [-0.3, -0.25) is 9.59 Å². The van der Waals surface area contributed by atoms with Crippen molar-refractivity contribution in [2.45, 2.75) is 12.8 Å². The third-order valence-electron chi connectivity index (χ3n) is 6.47. The minimum absolute atomic E-state index is 0.0562. The fraction of sp³-hybridized carbons (Fsp3) is 0.286. The summed E-state index contributed by atoms with van der Waals surface area (Å²) >= 11 is 0. The van der Waals surface area contributed by atoms with Crippen LogP contribution in [0.25, 0.3) is 11.1 Å². The van der Waals surface area contributed by atoms with Gasteiger partial charge in [-0.1, -0.05) is 66.7 Å². The topological polar surface area (TPSA) is 49.9 Å². The van der Waals surface area contributed by atoms with Gasteiger partial charge in [0.25, 0.3) is 5.91 Å². The molecule has 0 unspecified atom stereocenters. The lowest BCUT2D eigenvalue weighted by Crippen LogP contribution is -2.44. The van der Waals surface area contributed by atoms with Crippen LogP contribution in [0.3, 0.4) is 0 Å². The molecule has 5 heteroatoms. The van der Waals surface area contributed by atoms with Crippen molar-refractivity contribution in [1.82, 2.24) is 9.80 Å². The SMILES string of the molecule is COc1ccccc1C(=O)N1CC[C@](Cc2ccccc2-c2ccccc2)(C(=O)N(C)C)C1. The van der Waals surface area contributed by atoms with Gasteiger partial charge in [0.05, 0.1) is 18.1 Å². The maximum atomic E-state index is 13.5. The molecule has 1 aliphatic heterocycles. The normalized spacial score (nSPS) is 17.6. The molecule has 0 spiro atoms. The summed E-state index contributed by atoms with van der Waals surface area (Å²) in [6.07, 6.45) is 1.19. The first kappa shape index (κ1) is 22.6. The number of carbonyl (C=O) groups is 2. The Kier molecular flexibility index (Phi) is 6.50. The standard InChI is InChI=1S/C28H30N2O3/c1-29(2)27(32)28(19-22-13-7-8-14-23(22)21-11-5-4-6-12-21)17-18-30(20-28)26(31)24-15-9-10-16-25(24)33-3/h4-16H,17-20H2,1-3H3/t28-/m1/s1. The largest absolute Gasteiger partial charge is 0.496 e. The highest BCUT2D eigenvalue weighted by Crippen LogP contribution is 2.39. The zero-order chi connectivity index (χ0) is 23.4. The fourth-order valence-corrected chi connectivity index (χ4v) is 4.84. The van der Waals surface area contributed by atoms with E-state index in [9.17, 15) is 9.59 Å². The molecule has 0 N–H and O–H groups in total. The summed E-state index contributed by atoms with van der Waals surface area (Å²) < 4.78 is 5.40. The first-order valence-corrected chi connectivity index (χ1v) is 11.2. The molecule has 0 aromatic heterocycles. The van der Waals surface area contributed by atoms with Gasteiger partial charge in [-0.2, -0.15) is 0 Å². The molecule has 1 saturated heterocycles. The lowest BCUT2D eigenvalue weighted by molar-refractivity contribution is -0.138. The van der Waals surface area contributed by atoms with E-state index in [1.807, 2.05) is 42.5 Å². The molecule has 0 aliphatic carbocycles. The van der Waals surface area contributed by atoms with E-state index in [1.54, 1.807) is 43.1 Å². The van der Waals surface area contributed by atoms with Gasteiger partial charge in [0.2, 0.25) is 5.91 Å². The quantitative estimate of drug-likeness (QED) is 0.564. The Labute approximate surface area is 195 Å². The van der Waals surface area contributed by atoms with Gasteiger partial charge in [-0.15, -0.1) is 0 Å². The van der Waals surface area contributed by atoms with Gasteiger partial charge in [0.15, 0.2) is 0 Å². The van der Waals surface area contributed by atoms with Crippen LogP contribution in [0.4, 0.5) is 0 Å². The Morgan fingerprint density at radius 1 is 0.939 bits per heavy atom. The number of amides is 2. The smallest absolute Gasteiger partial charge is 0.257 e. The van der Waals surface area contributed by atoms with Crippen LogP contribution in [0.5, 0.6) is 5.75 Å². The Balaban J connectivity index is 1.67. The maximum absolute atomic E-state index is 13.5. The molecule has 0 radical (unpaired) electrons. The number of benzene rings is 3. The first-order valence-electron chi connectivity index (χ1n) is 11.2. The van der Waals surface area contributed by atoms with Crippen molar-refractivity contribution < 1.29 is 14.3 Å². The average molecular weight is 443 g/mol. The van der Waals surface area contributed by atoms with Crippen molar-refractivity contribution in [1.29, 1.82) is 0 Å². The molecule has 5 nitrogen and oxygen atoms in total. The monoisotopic (exact) mass is 442 g/mol. The van der Waals surface area contributed by atoms with Crippen molar-refractivity contribution in [2.24, 2.45) is 5.41 Å². The third kappa shape index (κ3) is 4.49. The number of carbonyl (C=O) groups excluding carboxylic acids is 2. The van der Waals surface area contributed by atoms with Crippen molar-refractivity contribution >= 4 is 11.8 Å². The first-order chi connectivity index (χ1) is 15.9. The predicted molar refractivity (Wildman–Crippen MR) is 130 cm³/mol. The van der Waals surface area contributed by atoms with Crippen LogP contribution in [0.15, 0.2) is 78.9 Å². The van der Waals surface area contributed by atoms with E-state index < -0.39 is 5.41 Å². The van der Waals surface area contributed by atoms with Crippen LogP contribution in [0.1, 0.15) is 22.3 Å². The number of ether oxygens (including phenoxy) is 1. The van der Waals surface area contributed by atoms with Crippen LogP contribution in [-0.4, -0.2) is 55.9 Å². The van der Waals surface area contributed by atoms with Crippen LogP contribution in [-0.2, 0) is 11.2 Å². The van der Waals surface area contributed by atoms with E-state index in [1.165, 1.54) is 0 Å². The zero-order valence-electron chi connectivity index (χ0n) is 19.5. The van der Waals surface area contributed by atoms with Gasteiger partial charge < -0.3 is 14.5 Å². The van der Waals surface area contributed by atoms with E-state index in [0.29, 0.717) is 37.2 Å². The minimum Gasteiger partial charge on any atom is -0.496 e. The van der Waals surface area contributed by atoms with Crippen molar-refractivity contribution in [3.8, 4) is 16.9 Å². The van der Waals surface area contributed by atoms with Gasteiger partial charge in [0.1, 0.15) is 5.75 Å². The molecule has 0 bridgehead atoms. The number of hydrogen-bond donors (Lipinski definition) is 0. The Morgan fingerprint density at radius 3 is 2.33 bits per heavy atom. The van der Waals surface area contributed by atoms with Gasteiger partial charge in [0, 0.05) is 27.2 Å². The summed E-state index contributed by atoms with van der Waals surface area (Å²) in [5.74, 6) is 0.506. The van der Waals surface area contributed by atoms with Crippen LogP contribution in [0, 0.1) is 5.41 Å². The van der Waals surface area contributed by atoms with Crippen molar-refractivity contribution in [3.63, 3.8) is 0 Å². The summed E-state index contributed by atoms with van der Waals surface area (Å²) in [6.45, 7) is 0.911. The van der Waals surface area contributed by atoms with Crippen LogP contribution >= 0.6 is 0 Å². The van der Waals surface area contributed by atoms with Crippen molar-refractivity contribution in [3.05, 3.63) is 90.0 Å². The summed E-state index contributed by atoms with van der Waals surface area (Å²) in [5.41, 5.74) is 3.22. The second-order valence-corrected chi connectivity index (χ2v) is 8.86. The summed E-state index contributed by atoms with van der Waals surface area (Å²) in [7, 11) is 5.15. The Morgan fingerprint density at radius 2 is 1.61 bits per heavy atom. The maximum Gasteiger partial charge on any atom is 0.257 e. The molecular weight excluding hydrogens is 412 g/mol. The molecule has 170 valence electrons. The van der Waals surface area contributed by atoms with Gasteiger partial charge in [-0.05, 0) is 41.7 Å². The highest BCUT2D eigenvalue weighted by atomic mass is 16.5. The highest BCUT2D eigenvalue weighted by Gasteiger charge is 2.47. The molecule has 4 rings (SSSR count). The second kappa shape index (κ2) is 9.49. The molecule has 3 aromatic carbocycles. The lowest BCUT2D eigenvalue weighted by atomic mass is 9.77. The van der Waals surface area contributed by atoms with E-state index in [-0.39, 0.29) is 11.8 Å².